The number of benzene rings is 1. The summed E-state index contributed by atoms with van der Waals surface area (Å²) in [4.78, 5) is 10.9. The van der Waals surface area contributed by atoms with Crippen LogP contribution < -0.4 is 8.91 Å². The van der Waals surface area contributed by atoms with Crippen molar-refractivity contribution in [2.45, 2.75) is 34.1 Å². The predicted molar refractivity (Wildman–Crippen MR) is 109 cm³/mol. The van der Waals surface area contributed by atoms with Crippen LogP contribution in [0.3, 0.4) is 0 Å². The van der Waals surface area contributed by atoms with Gasteiger partial charge < -0.3 is 4.18 Å². The number of nitrogens with zero attached hydrogens (tertiary/aromatic N) is 3. The molecule has 8 nitrogen and oxygen atoms in total. The van der Waals surface area contributed by atoms with Crippen molar-refractivity contribution in [3.05, 3.63) is 55.9 Å². The molecule has 0 radical (unpaired) electrons. The summed E-state index contributed by atoms with van der Waals surface area (Å²) in [5.41, 5.74) is 3.54. The Labute approximate surface area is 170 Å². The number of fused-ring (bicyclic) bond motifs is 1. The second-order valence-electron chi connectivity index (χ2n) is 6.88. The fraction of sp³-hybridized carbons (Fsp3) is 0.389. The molecular weight excluding hydrogens is 404 g/mol. The van der Waals surface area contributed by atoms with Crippen molar-refractivity contribution < 1.29 is 13.3 Å². The van der Waals surface area contributed by atoms with Gasteiger partial charge in [0.25, 0.3) is 17.0 Å². The molecule has 0 saturated heterocycles. The number of hydrogen-bond donors (Lipinski definition) is 1. The lowest BCUT2D eigenvalue weighted by atomic mass is 10.0. The molecule has 1 aromatic heterocycles. The second-order valence-corrected chi connectivity index (χ2v) is 8.17. The maximum Gasteiger partial charge on any atom is 0.297 e. The van der Waals surface area contributed by atoms with Crippen LogP contribution in [0.2, 0.25) is 5.15 Å². The third-order valence-electron chi connectivity index (χ3n) is 4.72. The number of nitrogens with one attached hydrogen (secondary N) is 1. The van der Waals surface area contributed by atoms with Crippen molar-refractivity contribution in [2.75, 3.05) is 6.54 Å². The maximum atomic E-state index is 12.2. The third-order valence-corrected chi connectivity index (χ3v) is 5.90. The van der Waals surface area contributed by atoms with Gasteiger partial charge in [-0.1, -0.05) is 30.7 Å². The second kappa shape index (κ2) is 8.02. The molecule has 2 heterocycles. The minimum absolute atomic E-state index is 0.00532. The van der Waals surface area contributed by atoms with Gasteiger partial charge in [0.15, 0.2) is 0 Å². The first-order valence-corrected chi connectivity index (χ1v) is 10.2. The van der Waals surface area contributed by atoms with E-state index >= 15 is 0 Å². The van der Waals surface area contributed by atoms with Gasteiger partial charge in [-0.2, -0.15) is 9.31 Å². The molecule has 0 bridgehead atoms. The Balaban J connectivity index is 1.63. The van der Waals surface area contributed by atoms with Gasteiger partial charge in [-0.15, -0.1) is 0 Å². The average Bonchev–Trinajstić information content (AvgIpc) is 3.15. The lowest BCUT2D eigenvalue weighted by molar-refractivity contribution is -0.386. The molecule has 1 aliphatic heterocycles. The van der Waals surface area contributed by atoms with Crippen LogP contribution in [0.25, 0.3) is 0 Å². The summed E-state index contributed by atoms with van der Waals surface area (Å²) < 4.78 is 22.0. The van der Waals surface area contributed by atoms with Crippen LogP contribution in [0.15, 0.2) is 23.3 Å². The molecule has 2 atom stereocenters. The SMILES string of the molecule is Cc1ccc(C)c(OS(=O)NCC(C)C2=Nn3c(Cl)c(C)c([N+](=O)[O-])c3C2)c1. The Morgan fingerprint density at radius 1 is 1.43 bits per heavy atom. The lowest BCUT2D eigenvalue weighted by Crippen LogP contribution is -2.30. The molecule has 0 saturated carbocycles. The molecule has 2 aromatic rings. The first-order valence-electron chi connectivity index (χ1n) is 8.71. The Morgan fingerprint density at radius 2 is 2.14 bits per heavy atom. The van der Waals surface area contributed by atoms with Crippen molar-refractivity contribution in [1.82, 2.24) is 9.40 Å². The highest BCUT2D eigenvalue weighted by atomic mass is 35.5. The summed E-state index contributed by atoms with van der Waals surface area (Å²) in [6.45, 7) is 7.67. The zero-order valence-corrected chi connectivity index (χ0v) is 17.6. The molecule has 28 heavy (non-hydrogen) atoms. The third kappa shape index (κ3) is 3.96. The predicted octanol–water partition coefficient (Wildman–Crippen LogP) is 3.62. The largest absolute Gasteiger partial charge is 0.389 e. The molecule has 0 amide bonds. The average molecular weight is 425 g/mol. The van der Waals surface area contributed by atoms with Crippen molar-refractivity contribution >= 4 is 34.3 Å². The van der Waals surface area contributed by atoms with Gasteiger partial charge in [0.1, 0.15) is 16.6 Å². The number of aryl methyl sites for hydroxylation is 2. The van der Waals surface area contributed by atoms with Crippen molar-refractivity contribution in [3.63, 3.8) is 0 Å². The molecule has 1 aliphatic rings. The summed E-state index contributed by atoms with van der Waals surface area (Å²) in [5, 5.41) is 16.0. The normalized spacial score (nSPS) is 15.1. The van der Waals surface area contributed by atoms with Crippen LogP contribution in [0.4, 0.5) is 5.69 Å². The molecule has 0 spiro atoms. The molecule has 150 valence electrons. The lowest BCUT2D eigenvalue weighted by Gasteiger charge is -2.13. The van der Waals surface area contributed by atoms with Gasteiger partial charge in [0, 0.05) is 24.6 Å². The first-order chi connectivity index (χ1) is 13.2. The van der Waals surface area contributed by atoms with Crippen molar-refractivity contribution in [2.24, 2.45) is 11.0 Å². The van der Waals surface area contributed by atoms with E-state index in [0.717, 1.165) is 16.8 Å². The van der Waals surface area contributed by atoms with Gasteiger partial charge in [-0.3, -0.25) is 10.1 Å². The van der Waals surface area contributed by atoms with Crippen molar-refractivity contribution in [3.8, 4) is 5.75 Å². The summed E-state index contributed by atoms with van der Waals surface area (Å²) in [5.74, 6) is 0.451. The highest BCUT2D eigenvalue weighted by Crippen LogP contribution is 2.36. The monoisotopic (exact) mass is 424 g/mol. The van der Waals surface area contributed by atoms with Crippen molar-refractivity contribution in [1.29, 1.82) is 0 Å². The zero-order valence-electron chi connectivity index (χ0n) is 16.0. The van der Waals surface area contributed by atoms with E-state index in [-0.39, 0.29) is 16.8 Å². The van der Waals surface area contributed by atoms with Gasteiger partial charge in [0.2, 0.25) is 0 Å². The molecule has 0 aliphatic carbocycles. The Bertz CT molecular complexity index is 1000. The van der Waals surface area contributed by atoms with Crippen LogP contribution in [-0.2, 0) is 17.7 Å². The minimum atomic E-state index is -1.72. The molecular formula is C18H21ClN4O4S. The number of rotatable bonds is 7. The number of hydrogen-bond acceptors (Lipinski definition) is 5. The molecule has 2 unspecified atom stereocenters. The molecule has 10 heteroatoms. The Morgan fingerprint density at radius 3 is 2.82 bits per heavy atom. The quantitative estimate of drug-likeness (QED) is 0.542. The highest BCUT2D eigenvalue weighted by Gasteiger charge is 2.33. The Hall–Kier alpha value is -2.23. The standard InChI is InChI=1S/C18H21ClN4O4S/c1-10-5-6-11(2)16(7-10)27-28(26)20-9-12(3)14-8-15-17(23(24)25)13(4)18(19)22(15)21-14/h5-7,12,20H,8-9H2,1-4H3. The summed E-state index contributed by atoms with van der Waals surface area (Å²) in [7, 11) is 0. The van der Waals surface area contributed by atoms with E-state index in [2.05, 4.69) is 9.82 Å². The van der Waals surface area contributed by atoms with E-state index in [1.54, 1.807) is 6.92 Å². The van der Waals surface area contributed by atoms with Crippen LogP contribution in [-0.4, -0.2) is 26.1 Å². The van der Waals surface area contributed by atoms with Gasteiger partial charge in [0.05, 0.1) is 10.5 Å². The van der Waals surface area contributed by atoms with E-state index in [1.165, 1.54) is 4.68 Å². The van der Waals surface area contributed by atoms with Gasteiger partial charge in [-0.05, 0) is 38.0 Å². The van der Waals surface area contributed by atoms with E-state index in [0.29, 0.717) is 30.0 Å². The van der Waals surface area contributed by atoms with Crippen LogP contribution in [0.5, 0.6) is 5.75 Å². The van der Waals surface area contributed by atoms with E-state index in [1.807, 2.05) is 39.0 Å². The number of aromatic nitrogens is 1. The number of halogens is 1. The highest BCUT2D eigenvalue weighted by molar-refractivity contribution is 7.78. The summed E-state index contributed by atoms with van der Waals surface area (Å²) in [6.07, 6.45) is 0.331. The molecule has 1 N–H and O–H groups in total. The molecule has 3 rings (SSSR count). The van der Waals surface area contributed by atoms with Gasteiger partial charge >= 0.3 is 0 Å². The van der Waals surface area contributed by atoms with E-state index < -0.39 is 16.2 Å². The first kappa shape index (κ1) is 20.5. The van der Waals surface area contributed by atoms with Crippen LogP contribution in [0, 0.1) is 36.8 Å². The summed E-state index contributed by atoms with van der Waals surface area (Å²) in [6, 6.07) is 5.70. The van der Waals surface area contributed by atoms with Crippen LogP contribution >= 0.6 is 11.6 Å². The minimum Gasteiger partial charge on any atom is -0.389 e. The smallest absolute Gasteiger partial charge is 0.297 e. The van der Waals surface area contributed by atoms with Crippen LogP contribution in [0.1, 0.15) is 29.3 Å². The zero-order chi connectivity index (χ0) is 20.6. The topological polar surface area (TPSA) is 98.8 Å². The molecule has 1 aromatic carbocycles. The van der Waals surface area contributed by atoms with E-state index in [4.69, 9.17) is 15.8 Å². The van der Waals surface area contributed by atoms with E-state index in [9.17, 15) is 14.3 Å². The Kier molecular flexibility index (Phi) is 5.87. The fourth-order valence-corrected chi connectivity index (χ4v) is 4.04. The van der Waals surface area contributed by atoms with Gasteiger partial charge in [-0.25, -0.2) is 9.40 Å². The molecule has 0 fully saturated rings. The maximum absolute atomic E-state index is 12.2. The fourth-order valence-electron chi connectivity index (χ4n) is 3.02. The summed E-state index contributed by atoms with van der Waals surface area (Å²) >= 11 is 4.47. The number of nitro groups is 1.